The molecule has 2 rings (SSSR count). The summed E-state index contributed by atoms with van der Waals surface area (Å²) < 4.78 is 0. The van der Waals surface area contributed by atoms with Crippen LogP contribution in [0.15, 0.2) is 24.5 Å². The molecule has 0 saturated carbocycles. The van der Waals surface area contributed by atoms with Crippen molar-refractivity contribution in [2.45, 2.75) is 20.4 Å². The Labute approximate surface area is 93.2 Å². The molecule has 4 heteroatoms. The van der Waals surface area contributed by atoms with Gasteiger partial charge < -0.3 is 5.32 Å². The van der Waals surface area contributed by atoms with E-state index in [-0.39, 0.29) is 0 Å². The highest BCUT2D eigenvalue weighted by Gasteiger charge is 2.00. The number of anilines is 1. The number of aryl methyl sites for hydroxylation is 2. The average molecular weight is 219 g/mol. The van der Waals surface area contributed by atoms with Crippen molar-refractivity contribution in [3.63, 3.8) is 0 Å². The maximum atomic E-state index is 4.23. The van der Waals surface area contributed by atoms with E-state index in [1.165, 1.54) is 9.75 Å². The molecule has 3 nitrogen and oxygen atoms in total. The monoisotopic (exact) mass is 219 g/mol. The summed E-state index contributed by atoms with van der Waals surface area (Å²) in [5.74, 6) is 0.864. The molecular formula is C11H13N3S. The molecule has 0 saturated heterocycles. The average Bonchev–Trinajstić information content (AvgIpc) is 2.63. The molecule has 78 valence electrons. The van der Waals surface area contributed by atoms with Crippen LogP contribution in [0.2, 0.25) is 0 Å². The summed E-state index contributed by atoms with van der Waals surface area (Å²) in [5.41, 5.74) is 0.936. The quantitative estimate of drug-likeness (QED) is 0.862. The fraction of sp³-hybridized carbons (Fsp3) is 0.273. The Morgan fingerprint density at radius 1 is 1.20 bits per heavy atom. The highest BCUT2D eigenvalue weighted by molar-refractivity contribution is 7.11. The van der Waals surface area contributed by atoms with E-state index in [0.29, 0.717) is 0 Å². The van der Waals surface area contributed by atoms with Crippen molar-refractivity contribution >= 4 is 17.2 Å². The Morgan fingerprint density at radius 3 is 2.67 bits per heavy atom. The number of nitrogens with zero attached hydrogens (tertiary/aromatic N) is 2. The van der Waals surface area contributed by atoms with Gasteiger partial charge in [-0.3, -0.25) is 4.98 Å². The molecule has 0 aliphatic heterocycles. The van der Waals surface area contributed by atoms with Gasteiger partial charge in [0.25, 0.3) is 0 Å². The third-order valence-corrected chi connectivity index (χ3v) is 3.11. The highest BCUT2D eigenvalue weighted by atomic mass is 32.1. The normalized spacial score (nSPS) is 10.3. The zero-order valence-electron chi connectivity index (χ0n) is 8.82. The summed E-state index contributed by atoms with van der Waals surface area (Å²) >= 11 is 1.80. The van der Waals surface area contributed by atoms with E-state index in [1.807, 2.05) is 6.92 Å². The van der Waals surface area contributed by atoms with Crippen molar-refractivity contribution in [2.24, 2.45) is 0 Å². The van der Waals surface area contributed by atoms with Crippen LogP contribution >= 0.6 is 11.3 Å². The largest absolute Gasteiger partial charge is 0.364 e. The minimum Gasteiger partial charge on any atom is -0.364 e. The van der Waals surface area contributed by atoms with Crippen LogP contribution in [0.1, 0.15) is 15.4 Å². The zero-order valence-corrected chi connectivity index (χ0v) is 9.64. The number of hydrogen-bond acceptors (Lipinski definition) is 4. The standard InChI is InChI=1S/C11H13N3S/c1-8-3-4-10(15-8)7-14-11-9(2)12-5-6-13-11/h3-6H,7H2,1-2H3,(H,13,14). The smallest absolute Gasteiger partial charge is 0.147 e. The lowest BCUT2D eigenvalue weighted by Gasteiger charge is -2.05. The molecule has 0 atom stereocenters. The molecular weight excluding hydrogens is 206 g/mol. The van der Waals surface area contributed by atoms with Gasteiger partial charge in [0.2, 0.25) is 0 Å². The van der Waals surface area contributed by atoms with Crippen LogP contribution in [-0.4, -0.2) is 9.97 Å². The predicted octanol–water partition coefficient (Wildman–Crippen LogP) is 2.77. The Hall–Kier alpha value is -1.42. The molecule has 2 heterocycles. The topological polar surface area (TPSA) is 37.8 Å². The van der Waals surface area contributed by atoms with Crippen LogP contribution in [0.4, 0.5) is 5.82 Å². The fourth-order valence-electron chi connectivity index (χ4n) is 1.33. The van der Waals surface area contributed by atoms with Gasteiger partial charge in [0.05, 0.1) is 12.2 Å². The van der Waals surface area contributed by atoms with E-state index in [1.54, 1.807) is 23.7 Å². The lowest BCUT2D eigenvalue weighted by Crippen LogP contribution is -2.02. The molecule has 2 aromatic rings. The van der Waals surface area contributed by atoms with Crippen LogP contribution in [-0.2, 0) is 6.54 Å². The summed E-state index contributed by atoms with van der Waals surface area (Å²) in [4.78, 5) is 11.1. The third kappa shape index (κ3) is 2.53. The van der Waals surface area contributed by atoms with Crippen molar-refractivity contribution in [2.75, 3.05) is 5.32 Å². The minimum atomic E-state index is 0.818. The molecule has 0 unspecified atom stereocenters. The summed E-state index contributed by atoms with van der Waals surface area (Å²) in [6, 6.07) is 4.27. The Morgan fingerprint density at radius 2 is 2.00 bits per heavy atom. The summed E-state index contributed by atoms with van der Waals surface area (Å²) in [6.45, 7) is 4.88. The highest BCUT2D eigenvalue weighted by Crippen LogP contribution is 2.16. The van der Waals surface area contributed by atoms with Gasteiger partial charge in [-0.1, -0.05) is 0 Å². The Balaban J connectivity index is 2.02. The summed E-state index contributed by atoms with van der Waals surface area (Å²) in [7, 11) is 0. The van der Waals surface area contributed by atoms with Crippen molar-refractivity contribution in [3.05, 3.63) is 40.0 Å². The maximum Gasteiger partial charge on any atom is 0.147 e. The lowest BCUT2D eigenvalue weighted by atomic mass is 10.4. The first-order valence-electron chi connectivity index (χ1n) is 4.82. The number of thiophene rings is 1. The number of aromatic nitrogens is 2. The second kappa shape index (κ2) is 4.40. The van der Waals surface area contributed by atoms with Crippen molar-refractivity contribution in [1.29, 1.82) is 0 Å². The van der Waals surface area contributed by atoms with Crippen LogP contribution in [0.5, 0.6) is 0 Å². The van der Waals surface area contributed by atoms with Crippen molar-refractivity contribution in [1.82, 2.24) is 9.97 Å². The van der Waals surface area contributed by atoms with Crippen LogP contribution in [0.3, 0.4) is 0 Å². The zero-order chi connectivity index (χ0) is 10.7. The molecule has 1 N–H and O–H groups in total. The molecule has 0 spiro atoms. The van der Waals surface area contributed by atoms with E-state index in [2.05, 4.69) is 34.3 Å². The summed E-state index contributed by atoms with van der Waals surface area (Å²) in [6.07, 6.45) is 3.41. The van der Waals surface area contributed by atoms with Gasteiger partial charge in [0.15, 0.2) is 0 Å². The van der Waals surface area contributed by atoms with Gasteiger partial charge in [-0.2, -0.15) is 0 Å². The molecule has 2 aromatic heterocycles. The second-order valence-corrected chi connectivity index (χ2v) is 4.73. The lowest BCUT2D eigenvalue weighted by molar-refractivity contribution is 1.06. The van der Waals surface area contributed by atoms with Gasteiger partial charge in [0, 0.05) is 22.1 Å². The SMILES string of the molecule is Cc1ccc(CNc2nccnc2C)s1. The van der Waals surface area contributed by atoms with Crippen molar-refractivity contribution < 1.29 is 0 Å². The third-order valence-electron chi connectivity index (χ3n) is 2.11. The molecule has 0 aliphatic carbocycles. The van der Waals surface area contributed by atoms with E-state index < -0.39 is 0 Å². The van der Waals surface area contributed by atoms with E-state index in [9.17, 15) is 0 Å². The van der Waals surface area contributed by atoms with E-state index >= 15 is 0 Å². The first-order valence-corrected chi connectivity index (χ1v) is 5.64. The molecule has 15 heavy (non-hydrogen) atoms. The molecule has 0 aliphatic rings. The number of nitrogens with one attached hydrogen (secondary N) is 1. The fourth-order valence-corrected chi connectivity index (χ4v) is 2.16. The molecule has 0 amide bonds. The van der Waals surface area contributed by atoms with Gasteiger partial charge in [0.1, 0.15) is 5.82 Å². The Kier molecular flexibility index (Phi) is 2.97. The predicted molar refractivity (Wildman–Crippen MR) is 63.2 cm³/mol. The van der Waals surface area contributed by atoms with Crippen LogP contribution < -0.4 is 5.32 Å². The molecule has 0 radical (unpaired) electrons. The Bertz CT molecular complexity index is 451. The van der Waals surface area contributed by atoms with Gasteiger partial charge >= 0.3 is 0 Å². The maximum absolute atomic E-state index is 4.23. The summed E-state index contributed by atoms with van der Waals surface area (Å²) in [5, 5.41) is 3.28. The molecule has 0 fully saturated rings. The first kappa shape index (κ1) is 10.1. The van der Waals surface area contributed by atoms with Crippen LogP contribution in [0.25, 0.3) is 0 Å². The van der Waals surface area contributed by atoms with Gasteiger partial charge in [-0.25, -0.2) is 4.98 Å². The van der Waals surface area contributed by atoms with Crippen molar-refractivity contribution in [3.8, 4) is 0 Å². The van der Waals surface area contributed by atoms with Gasteiger partial charge in [-0.05, 0) is 26.0 Å². The second-order valence-electron chi connectivity index (χ2n) is 3.36. The first-order chi connectivity index (χ1) is 7.25. The number of hydrogen-bond donors (Lipinski definition) is 1. The molecule has 0 aromatic carbocycles. The van der Waals surface area contributed by atoms with Gasteiger partial charge in [-0.15, -0.1) is 11.3 Å². The van der Waals surface area contributed by atoms with Crippen LogP contribution in [0, 0.1) is 13.8 Å². The number of rotatable bonds is 3. The van der Waals surface area contributed by atoms with E-state index in [4.69, 9.17) is 0 Å². The minimum absolute atomic E-state index is 0.818. The van der Waals surface area contributed by atoms with E-state index in [0.717, 1.165) is 18.1 Å². The molecule has 0 bridgehead atoms.